The van der Waals surface area contributed by atoms with Gasteiger partial charge in [0.15, 0.2) is 0 Å². The van der Waals surface area contributed by atoms with E-state index in [1.165, 1.54) is 12.1 Å². The molecule has 0 amide bonds. The molecule has 2 aromatic carbocycles. The molecule has 3 rings (SSSR count). The molecule has 0 aliphatic rings. The highest BCUT2D eigenvalue weighted by Crippen LogP contribution is 2.55. The first-order valence-corrected chi connectivity index (χ1v) is 10.3. The SMILES string of the molecule is CCCSP(=O)(O)Oc1ccc2oc3ccccc3c(=O)c2c1. The average molecular weight is 350 g/mol. The minimum atomic E-state index is -3.79. The van der Waals surface area contributed by atoms with Crippen LogP contribution in [0, 0.1) is 0 Å². The molecule has 0 saturated heterocycles. The van der Waals surface area contributed by atoms with Crippen LogP contribution in [0.1, 0.15) is 13.3 Å². The largest absolute Gasteiger partial charge is 0.456 e. The van der Waals surface area contributed by atoms with Crippen LogP contribution in [0.25, 0.3) is 21.9 Å². The molecule has 0 aliphatic carbocycles. The molecule has 0 saturated carbocycles. The Morgan fingerprint density at radius 1 is 1.17 bits per heavy atom. The van der Waals surface area contributed by atoms with Crippen molar-refractivity contribution in [3.63, 3.8) is 0 Å². The topological polar surface area (TPSA) is 76.7 Å². The summed E-state index contributed by atoms with van der Waals surface area (Å²) in [5.41, 5.74) is 0.723. The van der Waals surface area contributed by atoms with Gasteiger partial charge in [-0.15, -0.1) is 0 Å². The lowest BCUT2D eigenvalue weighted by molar-refractivity contribution is 0.402. The maximum Gasteiger partial charge on any atom is 0.437 e. The van der Waals surface area contributed by atoms with Gasteiger partial charge < -0.3 is 13.8 Å². The summed E-state index contributed by atoms with van der Waals surface area (Å²) in [6, 6.07) is 11.5. The number of hydrogen-bond acceptors (Lipinski definition) is 5. The lowest BCUT2D eigenvalue weighted by Crippen LogP contribution is -2.02. The second kappa shape index (κ2) is 6.40. The van der Waals surface area contributed by atoms with Gasteiger partial charge in [0.05, 0.1) is 10.8 Å². The first-order valence-electron chi connectivity index (χ1n) is 7.13. The average Bonchev–Trinajstić information content (AvgIpc) is 2.54. The standard InChI is InChI=1S/C16H15O5PS/c1-2-9-23-22(18,19)21-11-7-8-15-13(10-11)16(17)12-5-3-4-6-14(12)20-15/h3-8,10H,2,9H2,1H3,(H,18,19). The van der Waals surface area contributed by atoms with Crippen molar-refractivity contribution in [3.8, 4) is 5.75 Å². The first kappa shape index (κ1) is 16.1. The molecule has 0 bridgehead atoms. The summed E-state index contributed by atoms with van der Waals surface area (Å²) in [7, 11) is 0. The van der Waals surface area contributed by atoms with E-state index >= 15 is 0 Å². The Morgan fingerprint density at radius 2 is 1.91 bits per heavy atom. The smallest absolute Gasteiger partial charge is 0.437 e. The summed E-state index contributed by atoms with van der Waals surface area (Å²) in [5, 5.41) is 0.784. The molecule has 0 fully saturated rings. The van der Waals surface area contributed by atoms with Gasteiger partial charge in [0.25, 0.3) is 0 Å². The molecule has 3 aromatic rings. The highest BCUT2D eigenvalue weighted by Gasteiger charge is 2.22. The summed E-state index contributed by atoms with van der Waals surface area (Å²) in [6.45, 7) is -1.87. The molecule has 23 heavy (non-hydrogen) atoms. The van der Waals surface area contributed by atoms with Gasteiger partial charge in [-0.2, -0.15) is 0 Å². The van der Waals surface area contributed by atoms with Gasteiger partial charge in [0, 0.05) is 5.75 Å². The van der Waals surface area contributed by atoms with Crippen LogP contribution in [0.5, 0.6) is 5.75 Å². The molecular weight excluding hydrogens is 335 g/mol. The third kappa shape index (κ3) is 3.44. The molecule has 0 spiro atoms. The van der Waals surface area contributed by atoms with Crippen LogP contribution >= 0.6 is 18.2 Å². The zero-order valence-corrected chi connectivity index (χ0v) is 14.1. The molecule has 1 N–H and O–H groups in total. The van der Waals surface area contributed by atoms with Crippen molar-refractivity contribution in [3.05, 3.63) is 52.7 Å². The lowest BCUT2D eigenvalue weighted by Gasteiger charge is -2.12. The van der Waals surface area contributed by atoms with Crippen molar-refractivity contribution in [1.82, 2.24) is 0 Å². The number of benzene rings is 2. The van der Waals surface area contributed by atoms with E-state index in [1.807, 2.05) is 6.92 Å². The Hall–Kier alpha value is -1.75. The summed E-state index contributed by atoms with van der Waals surface area (Å²) in [6.07, 6.45) is 0.770. The molecule has 1 atom stereocenters. The maximum absolute atomic E-state index is 12.5. The van der Waals surface area contributed by atoms with Crippen LogP contribution in [0.4, 0.5) is 0 Å². The second-order valence-electron chi connectivity index (χ2n) is 4.98. The highest BCUT2D eigenvalue weighted by atomic mass is 32.7. The monoisotopic (exact) mass is 350 g/mol. The van der Waals surface area contributed by atoms with E-state index < -0.39 is 6.80 Å². The van der Waals surface area contributed by atoms with E-state index in [4.69, 9.17) is 8.94 Å². The van der Waals surface area contributed by atoms with Crippen molar-refractivity contribution in [2.45, 2.75) is 13.3 Å². The molecule has 120 valence electrons. The maximum atomic E-state index is 12.5. The molecular formula is C16H15O5PS. The van der Waals surface area contributed by atoms with Gasteiger partial charge in [-0.05, 0) is 48.1 Å². The Kier molecular flexibility index (Phi) is 4.48. The summed E-state index contributed by atoms with van der Waals surface area (Å²) >= 11 is 0.873. The van der Waals surface area contributed by atoms with Crippen LogP contribution in [-0.2, 0) is 4.57 Å². The fraction of sp³-hybridized carbons (Fsp3) is 0.188. The molecule has 1 aromatic heterocycles. The number of para-hydroxylation sites is 1. The normalized spacial score (nSPS) is 14.0. The molecule has 1 heterocycles. The van der Waals surface area contributed by atoms with Gasteiger partial charge in [0.1, 0.15) is 16.9 Å². The van der Waals surface area contributed by atoms with E-state index in [1.54, 1.807) is 30.3 Å². The van der Waals surface area contributed by atoms with Gasteiger partial charge in [0.2, 0.25) is 5.43 Å². The Morgan fingerprint density at radius 3 is 2.70 bits per heavy atom. The Bertz CT molecular complexity index is 965. The minimum absolute atomic E-state index is 0.175. The molecule has 5 nitrogen and oxygen atoms in total. The van der Waals surface area contributed by atoms with Gasteiger partial charge in [-0.3, -0.25) is 4.79 Å². The van der Waals surface area contributed by atoms with Crippen LogP contribution in [0.3, 0.4) is 0 Å². The van der Waals surface area contributed by atoms with E-state index in [2.05, 4.69) is 0 Å². The van der Waals surface area contributed by atoms with Crippen LogP contribution in [0.15, 0.2) is 51.7 Å². The Labute approximate surface area is 136 Å². The van der Waals surface area contributed by atoms with Gasteiger partial charge >= 0.3 is 6.80 Å². The van der Waals surface area contributed by atoms with E-state index in [-0.39, 0.29) is 11.2 Å². The molecule has 0 radical (unpaired) electrons. The lowest BCUT2D eigenvalue weighted by atomic mass is 10.1. The van der Waals surface area contributed by atoms with Crippen molar-refractivity contribution in [2.24, 2.45) is 0 Å². The molecule has 1 unspecified atom stereocenters. The van der Waals surface area contributed by atoms with Crippen LogP contribution < -0.4 is 9.95 Å². The highest BCUT2D eigenvalue weighted by molar-refractivity contribution is 8.54. The number of hydrogen-bond donors (Lipinski definition) is 1. The quantitative estimate of drug-likeness (QED) is 0.537. The van der Waals surface area contributed by atoms with Crippen LogP contribution in [-0.4, -0.2) is 10.6 Å². The predicted molar refractivity (Wildman–Crippen MR) is 93.2 cm³/mol. The van der Waals surface area contributed by atoms with Crippen molar-refractivity contribution in [2.75, 3.05) is 5.75 Å². The van der Waals surface area contributed by atoms with E-state index in [0.717, 1.165) is 17.8 Å². The first-order chi connectivity index (χ1) is 11.0. The fourth-order valence-electron chi connectivity index (χ4n) is 2.21. The number of fused-ring (bicyclic) bond motifs is 2. The third-order valence-corrected chi connectivity index (χ3v) is 6.34. The summed E-state index contributed by atoms with van der Waals surface area (Å²) in [4.78, 5) is 22.3. The van der Waals surface area contributed by atoms with Gasteiger partial charge in [-0.25, -0.2) is 4.57 Å². The predicted octanol–water partition coefficient (Wildman–Crippen LogP) is 4.57. The van der Waals surface area contributed by atoms with Crippen molar-refractivity contribution >= 4 is 40.1 Å². The minimum Gasteiger partial charge on any atom is -0.456 e. The zero-order chi connectivity index (χ0) is 16.4. The number of rotatable bonds is 5. The van der Waals surface area contributed by atoms with E-state index in [0.29, 0.717) is 27.7 Å². The molecule has 7 heteroatoms. The molecule has 0 aliphatic heterocycles. The third-order valence-electron chi connectivity index (χ3n) is 3.23. The van der Waals surface area contributed by atoms with Crippen LogP contribution in [0.2, 0.25) is 0 Å². The van der Waals surface area contributed by atoms with Crippen molar-refractivity contribution in [1.29, 1.82) is 0 Å². The Balaban J connectivity index is 2.05. The van der Waals surface area contributed by atoms with E-state index in [9.17, 15) is 14.3 Å². The fourth-order valence-corrected chi connectivity index (χ4v) is 4.71. The second-order valence-corrected chi connectivity index (χ2v) is 8.92. The summed E-state index contributed by atoms with van der Waals surface area (Å²) in [5.74, 6) is 0.697. The summed E-state index contributed by atoms with van der Waals surface area (Å²) < 4.78 is 22.8. The zero-order valence-electron chi connectivity index (χ0n) is 12.4. The van der Waals surface area contributed by atoms with Crippen molar-refractivity contribution < 1.29 is 18.4 Å². The van der Waals surface area contributed by atoms with Gasteiger partial charge in [-0.1, -0.05) is 19.1 Å².